The first-order valence-corrected chi connectivity index (χ1v) is 18.0. The minimum absolute atomic E-state index is 0. The van der Waals surface area contributed by atoms with Crippen LogP contribution >= 0.6 is 0 Å². The molecule has 57 heavy (non-hydrogen) atoms. The molecule has 0 amide bonds. The Morgan fingerprint density at radius 2 is 0.526 bits per heavy atom. The normalized spacial score (nSPS) is 11.2. The summed E-state index contributed by atoms with van der Waals surface area (Å²) in [5.74, 6) is 11.0. The van der Waals surface area contributed by atoms with Gasteiger partial charge in [0.25, 0.3) is 0 Å². The average molecular weight is 774 g/mol. The molecule has 4 nitrogen and oxygen atoms in total. The first kappa shape index (κ1) is 36.2. The number of aromatic amines is 2. The molecule has 0 fully saturated rings. The van der Waals surface area contributed by atoms with Gasteiger partial charge in [0.2, 0.25) is 0 Å². The van der Waals surface area contributed by atoms with Gasteiger partial charge in [-0.1, -0.05) is 72.2 Å². The van der Waals surface area contributed by atoms with Crippen molar-refractivity contribution < 1.29 is 17.1 Å². The monoisotopic (exact) mass is 773 g/mol. The zero-order valence-corrected chi connectivity index (χ0v) is 31.3. The van der Waals surface area contributed by atoms with E-state index in [0.717, 1.165) is 112 Å². The quantitative estimate of drug-likeness (QED) is 0.138. The standard InChI is InChI=1S/C52H30N4.Cu/c1-5-33-9-17-37(18-10-33)49-41-25-27-43(53-41)50(38-19-11-34(6-2)12-20-38)45-29-31-47(55-45)52(40-23-15-36(8-4)16-24-40)48-32-30-46(56-48)51(44-28-26-42(49)54-44)39-21-13-35(7-3)14-22-39;/h1-4,9-32,53,56H;. The van der Waals surface area contributed by atoms with E-state index in [4.69, 9.17) is 35.7 Å². The van der Waals surface area contributed by atoms with Crippen LogP contribution in [-0.2, 0) is 17.1 Å². The van der Waals surface area contributed by atoms with Gasteiger partial charge in [-0.25, -0.2) is 9.97 Å². The molecule has 0 saturated heterocycles. The number of benzene rings is 4. The fourth-order valence-electron chi connectivity index (χ4n) is 7.35. The molecule has 0 aliphatic carbocycles. The Hall–Kier alpha value is -7.76. The molecule has 9 rings (SSSR count). The molecule has 2 N–H and O–H groups in total. The topological polar surface area (TPSA) is 57.4 Å². The Labute approximate surface area is 342 Å². The van der Waals surface area contributed by atoms with E-state index in [1.54, 1.807) is 0 Å². The molecular formula is C52H30CuN4. The van der Waals surface area contributed by atoms with Crippen molar-refractivity contribution in [2.24, 2.45) is 0 Å². The number of nitrogens with one attached hydrogen (secondary N) is 2. The average Bonchev–Trinajstić information content (AvgIpc) is 4.10. The predicted molar refractivity (Wildman–Crippen MR) is 232 cm³/mol. The summed E-state index contributed by atoms with van der Waals surface area (Å²) < 4.78 is 0. The smallest absolute Gasteiger partial charge is 0.0737 e. The van der Waals surface area contributed by atoms with Crippen molar-refractivity contribution in [3.05, 3.63) is 166 Å². The second-order valence-electron chi connectivity index (χ2n) is 13.4. The largest absolute Gasteiger partial charge is 0.354 e. The second-order valence-corrected chi connectivity index (χ2v) is 13.4. The fraction of sp³-hybridized carbons (Fsp3) is 0. The SMILES string of the molecule is C#Cc1ccc(-c2c3nc(c(-c4ccc(C#C)cc4)c4ccc([nH]4)c(-c4ccc(C#C)cc4)c4nc(c(-c5ccc(C#C)cc5)c5ccc2[nH]5)C=C4)C=C3)cc1.[Cu]. The maximum atomic E-state index is 5.76. The van der Waals surface area contributed by atoms with Crippen molar-refractivity contribution in [3.63, 3.8) is 0 Å². The molecule has 0 atom stereocenters. The van der Waals surface area contributed by atoms with Crippen LogP contribution in [0.1, 0.15) is 45.0 Å². The molecule has 2 aliphatic rings. The number of H-pyrrole nitrogens is 2. The van der Waals surface area contributed by atoms with Crippen LogP contribution in [0.2, 0.25) is 0 Å². The zero-order valence-electron chi connectivity index (χ0n) is 30.4. The van der Waals surface area contributed by atoms with Gasteiger partial charge in [-0.15, -0.1) is 25.7 Å². The van der Waals surface area contributed by atoms with Gasteiger partial charge < -0.3 is 9.97 Å². The van der Waals surface area contributed by atoms with Crippen LogP contribution in [0.25, 0.3) is 90.9 Å². The van der Waals surface area contributed by atoms with E-state index >= 15 is 0 Å². The molecule has 0 spiro atoms. The maximum Gasteiger partial charge on any atom is 0.0737 e. The summed E-state index contributed by atoms with van der Waals surface area (Å²) in [5.41, 5.74) is 17.5. The summed E-state index contributed by atoms with van der Waals surface area (Å²) in [4.78, 5) is 18.2. The Morgan fingerprint density at radius 3 is 0.719 bits per heavy atom. The van der Waals surface area contributed by atoms with Crippen LogP contribution in [0.15, 0.2) is 121 Å². The van der Waals surface area contributed by atoms with Gasteiger partial charge >= 0.3 is 0 Å². The molecule has 2 aliphatic heterocycles. The van der Waals surface area contributed by atoms with Crippen LogP contribution < -0.4 is 0 Å². The summed E-state index contributed by atoms with van der Waals surface area (Å²) in [6.45, 7) is 0. The van der Waals surface area contributed by atoms with Crippen LogP contribution in [0, 0.1) is 49.4 Å². The Kier molecular flexibility index (Phi) is 9.64. The van der Waals surface area contributed by atoms with Gasteiger partial charge in [-0.05, 0) is 119 Å². The third-order valence-electron chi connectivity index (χ3n) is 10.1. The first-order chi connectivity index (χ1) is 27.5. The van der Waals surface area contributed by atoms with E-state index in [2.05, 4.69) is 82.2 Å². The summed E-state index contributed by atoms with van der Waals surface area (Å²) >= 11 is 0. The number of terminal acetylenes is 4. The van der Waals surface area contributed by atoms with E-state index in [0.29, 0.717) is 0 Å². The van der Waals surface area contributed by atoms with Gasteiger partial charge in [0.15, 0.2) is 0 Å². The van der Waals surface area contributed by atoms with E-state index in [9.17, 15) is 0 Å². The molecule has 1 radical (unpaired) electrons. The first-order valence-electron chi connectivity index (χ1n) is 18.0. The Balaban J connectivity index is 0.00000455. The van der Waals surface area contributed by atoms with Crippen LogP contribution in [0.5, 0.6) is 0 Å². The van der Waals surface area contributed by atoms with Gasteiger partial charge in [-0.2, -0.15) is 0 Å². The fourth-order valence-corrected chi connectivity index (χ4v) is 7.35. The molecule has 8 bridgehead atoms. The Morgan fingerprint density at radius 1 is 0.316 bits per heavy atom. The number of aromatic nitrogens is 4. The number of hydrogen-bond acceptors (Lipinski definition) is 2. The molecule has 4 aromatic carbocycles. The molecule has 0 unspecified atom stereocenters. The Bertz CT molecular complexity index is 2710. The number of fused-ring (bicyclic) bond motifs is 8. The van der Waals surface area contributed by atoms with E-state index in [-0.39, 0.29) is 17.1 Å². The van der Waals surface area contributed by atoms with Crippen molar-refractivity contribution in [1.82, 2.24) is 19.9 Å². The van der Waals surface area contributed by atoms with Crippen molar-refractivity contribution in [2.75, 3.05) is 0 Å². The molecule has 7 aromatic rings. The minimum atomic E-state index is 0. The summed E-state index contributed by atoms with van der Waals surface area (Å²) in [6, 6.07) is 40.3. The van der Waals surface area contributed by atoms with E-state index in [1.165, 1.54) is 0 Å². The summed E-state index contributed by atoms with van der Waals surface area (Å²) in [7, 11) is 0. The van der Waals surface area contributed by atoms with E-state index in [1.807, 2.05) is 97.1 Å². The molecule has 5 heterocycles. The van der Waals surface area contributed by atoms with Crippen molar-refractivity contribution in [1.29, 1.82) is 0 Å². The summed E-state index contributed by atoms with van der Waals surface area (Å²) in [6.07, 6.45) is 31.3. The second kappa shape index (κ2) is 15.2. The van der Waals surface area contributed by atoms with Crippen LogP contribution in [0.4, 0.5) is 0 Å². The number of hydrogen-bond donors (Lipinski definition) is 2. The van der Waals surface area contributed by atoms with Crippen LogP contribution in [-0.4, -0.2) is 19.9 Å². The summed E-state index contributed by atoms with van der Waals surface area (Å²) in [5, 5.41) is 0. The van der Waals surface area contributed by atoms with Crippen molar-refractivity contribution in [2.45, 2.75) is 0 Å². The van der Waals surface area contributed by atoms with E-state index < -0.39 is 0 Å². The molecular weight excluding hydrogens is 744 g/mol. The van der Waals surface area contributed by atoms with Crippen LogP contribution in [0.3, 0.4) is 0 Å². The maximum absolute atomic E-state index is 5.76. The zero-order chi connectivity index (χ0) is 38.2. The molecule has 5 heteroatoms. The van der Waals surface area contributed by atoms with Gasteiger partial charge in [0, 0.05) is 83.6 Å². The van der Waals surface area contributed by atoms with Gasteiger partial charge in [0.05, 0.1) is 22.8 Å². The number of rotatable bonds is 4. The van der Waals surface area contributed by atoms with Gasteiger partial charge in [0.1, 0.15) is 0 Å². The molecule has 3 aromatic heterocycles. The van der Waals surface area contributed by atoms with Crippen molar-refractivity contribution >= 4 is 46.4 Å². The van der Waals surface area contributed by atoms with Gasteiger partial charge in [-0.3, -0.25) is 0 Å². The molecule has 0 saturated carbocycles. The molecule has 269 valence electrons. The van der Waals surface area contributed by atoms with Crippen molar-refractivity contribution in [3.8, 4) is 93.9 Å². The third-order valence-corrected chi connectivity index (χ3v) is 10.1. The third kappa shape index (κ3) is 6.68. The minimum Gasteiger partial charge on any atom is -0.354 e. The number of nitrogens with zero attached hydrogens (tertiary/aromatic N) is 2. The predicted octanol–water partition coefficient (Wildman–Crippen LogP) is 11.2.